The SMILES string of the molecule is COC(=O)c1csc(NC(=O)[C@H]([C@H](C)c2ccccc2)N2C(=O)N[C@H](C3=COC=C(C4=CC=CCC4)O3)C2=O)n1. The standard InChI is InChI=1S/C28H26N4O7S/c1-16(17-9-5-3-6-10-17)23(24(33)31-27-29-19(15-40-27)26(35)37-2)32-25(34)22(30-28(32)36)21-14-38-13-20(39-21)18-11-7-4-8-12-18/h3-7,9-11,13-16,22-23H,8,12H2,1-2H3,(H,30,36)(H,29,31,33)/t16-,22-,23+/m1/s1. The lowest BCUT2D eigenvalue weighted by Gasteiger charge is -2.29. The Kier molecular flexibility index (Phi) is 7.78. The number of aromatic nitrogens is 1. The molecule has 2 aliphatic heterocycles. The van der Waals surface area contributed by atoms with Gasteiger partial charge < -0.3 is 24.8 Å². The van der Waals surface area contributed by atoms with Crippen LogP contribution in [0.2, 0.25) is 0 Å². The zero-order chi connectivity index (χ0) is 28.2. The van der Waals surface area contributed by atoms with Gasteiger partial charge in [-0.05, 0) is 24.0 Å². The van der Waals surface area contributed by atoms with E-state index >= 15 is 0 Å². The number of urea groups is 1. The average Bonchev–Trinajstić information content (AvgIpc) is 3.57. The molecule has 3 atom stereocenters. The highest BCUT2D eigenvalue weighted by Crippen LogP contribution is 2.32. The van der Waals surface area contributed by atoms with Crippen molar-refractivity contribution in [1.82, 2.24) is 15.2 Å². The molecule has 3 aliphatic rings. The van der Waals surface area contributed by atoms with Crippen LogP contribution in [0.15, 0.2) is 83.6 Å². The van der Waals surface area contributed by atoms with Crippen molar-refractivity contribution in [2.75, 3.05) is 12.4 Å². The van der Waals surface area contributed by atoms with Crippen molar-refractivity contribution in [2.45, 2.75) is 37.8 Å². The molecule has 5 rings (SSSR count). The molecule has 0 saturated carbocycles. The number of anilines is 1. The molecule has 1 aliphatic carbocycles. The number of benzene rings is 1. The summed E-state index contributed by atoms with van der Waals surface area (Å²) in [5, 5.41) is 6.84. The molecule has 1 saturated heterocycles. The minimum absolute atomic E-state index is 0.0272. The third-order valence-electron chi connectivity index (χ3n) is 6.65. The third-order valence-corrected chi connectivity index (χ3v) is 7.41. The van der Waals surface area contributed by atoms with Crippen molar-refractivity contribution in [3.05, 3.63) is 94.8 Å². The molecule has 0 unspecified atom stereocenters. The predicted octanol–water partition coefficient (Wildman–Crippen LogP) is 3.97. The van der Waals surface area contributed by atoms with Crippen LogP contribution in [0.4, 0.5) is 9.93 Å². The van der Waals surface area contributed by atoms with E-state index in [2.05, 4.69) is 20.4 Å². The van der Waals surface area contributed by atoms with Gasteiger partial charge in [0.1, 0.15) is 18.6 Å². The van der Waals surface area contributed by atoms with Crippen LogP contribution in [-0.4, -0.2) is 52.9 Å². The third kappa shape index (κ3) is 5.38. The summed E-state index contributed by atoms with van der Waals surface area (Å²) in [4.78, 5) is 57.5. The van der Waals surface area contributed by atoms with Gasteiger partial charge in [-0.15, -0.1) is 11.3 Å². The molecule has 206 valence electrons. The van der Waals surface area contributed by atoms with Gasteiger partial charge in [-0.2, -0.15) is 0 Å². The van der Waals surface area contributed by atoms with Gasteiger partial charge in [0.25, 0.3) is 5.91 Å². The number of methoxy groups -OCH3 is 1. The summed E-state index contributed by atoms with van der Waals surface area (Å²) in [5.74, 6) is -2.03. The smallest absolute Gasteiger partial charge is 0.357 e. The first-order valence-electron chi connectivity index (χ1n) is 12.5. The number of hydrogen-bond acceptors (Lipinski definition) is 9. The van der Waals surface area contributed by atoms with Crippen LogP contribution < -0.4 is 10.6 Å². The maximum atomic E-state index is 13.7. The Morgan fingerprint density at radius 3 is 2.75 bits per heavy atom. The molecule has 3 heterocycles. The summed E-state index contributed by atoms with van der Waals surface area (Å²) in [6.45, 7) is 1.75. The highest BCUT2D eigenvalue weighted by molar-refractivity contribution is 7.14. The average molecular weight is 563 g/mol. The summed E-state index contributed by atoms with van der Waals surface area (Å²) >= 11 is 1.02. The van der Waals surface area contributed by atoms with Gasteiger partial charge >= 0.3 is 12.0 Å². The first-order valence-corrected chi connectivity index (χ1v) is 13.4. The number of ether oxygens (including phenoxy) is 3. The highest BCUT2D eigenvalue weighted by Gasteiger charge is 2.49. The van der Waals surface area contributed by atoms with E-state index in [-0.39, 0.29) is 16.6 Å². The predicted molar refractivity (Wildman–Crippen MR) is 145 cm³/mol. The van der Waals surface area contributed by atoms with E-state index in [0.29, 0.717) is 5.76 Å². The molecule has 12 heteroatoms. The first-order chi connectivity index (χ1) is 19.4. The van der Waals surface area contributed by atoms with Gasteiger partial charge in [-0.1, -0.05) is 55.5 Å². The molecular weight excluding hydrogens is 536 g/mol. The Bertz CT molecular complexity index is 1460. The summed E-state index contributed by atoms with van der Waals surface area (Å²) in [7, 11) is 1.23. The summed E-state index contributed by atoms with van der Waals surface area (Å²) < 4.78 is 16.1. The molecule has 40 heavy (non-hydrogen) atoms. The van der Waals surface area contributed by atoms with Crippen molar-refractivity contribution < 1.29 is 33.4 Å². The minimum Gasteiger partial charge on any atom is -0.465 e. The number of imide groups is 1. The summed E-state index contributed by atoms with van der Waals surface area (Å²) in [6, 6.07) is 5.85. The second kappa shape index (κ2) is 11.6. The minimum atomic E-state index is -1.25. The summed E-state index contributed by atoms with van der Waals surface area (Å²) in [6.07, 6.45) is 10.1. The number of rotatable bonds is 8. The zero-order valence-corrected chi connectivity index (χ0v) is 22.5. The van der Waals surface area contributed by atoms with E-state index in [1.807, 2.05) is 36.4 Å². The number of hydrogen-bond donors (Lipinski definition) is 2. The number of allylic oxidation sites excluding steroid dienone is 4. The van der Waals surface area contributed by atoms with Crippen LogP contribution >= 0.6 is 11.3 Å². The number of nitrogens with zero attached hydrogens (tertiary/aromatic N) is 2. The topological polar surface area (TPSA) is 136 Å². The van der Waals surface area contributed by atoms with E-state index < -0.39 is 41.8 Å². The fourth-order valence-electron chi connectivity index (χ4n) is 4.58. The fraction of sp³-hybridized carbons (Fsp3) is 0.250. The van der Waals surface area contributed by atoms with Crippen molar-refractivity contribution in [1.29, 1.82) is 0 Å². The van der Waals surface area contributed by atoms with E-state index in [1.54, 1.807) is 19.1 Å². The second-order valence-corrected chi connectivity index (χ2v) is 10.0. The van der Waals surface area contributed by atoms with Crippen LogP contribution in [-0.2, 0) is 23.8 Å². The maximum absolute atomic E-state index is 13.7. The molecule has 2 aromatic rings. The van der Waals surface area contributed by atoms with Crippen LogP contribution in [0.3, 0.4) is 0 Å². The normalized spacial score (nSPS) is 19.8. The fourth-order valence-corrected chi connectivity index (χ4v) is 5.26. The lowest BCUT2D eigenvalue weighted by molar-refractivity contribution is -0.134. The molecule has 0 bridgehead atoms. The van der Waals surface area contributed by atoms with Crippen molar-refractivity contribution >= 4 is 40.3 Å². The number of carbonyl (C=O) groups excluding carboxylic acids is 4. The van der Waals surface area contributed by atoms with Gasteiger partial charge in [0.2, 0.25) is 5.91 Å². The Morgan fingerprint density at radius 2 is 2.02 bits per heavy atom. The molecule has 1 fully saturated rings. The van der Waals surface area contributed by atoms with E-state index in [1.165, 1.54) is 25.0 Å². The van der Waals surface area contributed by atoms with Crippen molar-refractivity contribution in [3.8, 4) is 0 Å². The van der Waals surface area contributed by atoms with Crippen LogP contribution in [0.1, 0.15) is 41.7 Å². The van der Waals surface area contributed by atoms with Crippen LogP contribution in [0.25, 0.3) is 0 Å². The molecule has 1 aromatic carbocycles. The van der Waals surface area contributed by atoms with Gasteiger partial charge in [0.05, 0.1) is 7.11 Å². The number of amides is 4. The largest absolute Gasteiger partial charge is 0.465 e. The molecule has 11 nitrogen and oxygen atoms in total. The number of nitrogens with one attached hydrogen (secondary N) is 2. The van der Waals surface area contributed by atoms with Crippen molar-refractivity contribution in [3.63, 3.8) is 0 Å². The molecule has 4 amide bonds. The van der Waals surface area contributed by atoms with Gasteiger partial charge in [-0.3, -0.25) is 9.59 Å². The lowest BCUT2D eigenvalue weighted by atomic mass is 9.91. The Labute approximate surface area is 233 Å². The highest BCUT2D eigenvalue weighted by atomic mass is 32.1. The first kappa shape index (κ1) is 26.9. The number of carbonyl (C=O) groups is 4. The quantitative estimate of drug-likeness (QED) is 0.364. The van der Waals surface area contributed by atoms with E-state index in [9.17, 15) is 19.2 Å². The second-order valence-electron chi connectivity index (χ2n) is 9.15. The Hall–Kier alpha value is -4.71. The monoisotopic (exact) mass is 562 g/mol. The lowest BCUT2D eigenvalue weighted by Crippen LogP contribution is -2.50. The van der Waals surface area contributed by atoms with E-state index in [0.717, 1.165) is 40.2 Å². The molecular formula is C28H26N4O7S. The number of esters is 1. The Morgan fingerprint density at radius 1 is 1.23 bits per heavy atom. The zero-order valence-electron chi connectivity index (χ0n) is 21.7. The molecule has 1 aromatic heterocycles. The number of thiazole rings is 1. The van der Waals surface area contributed by atoms with Crippen LogP contribution in [0, 0.1) is 0 Å². The summed E-state index contributed by atoms with van der Waals surface area (Å²) in [5.41, 5.74) is 1.66. The van der Waals surface area contributed by atoms with Gasteiger partial charge in [0.15, 0.2) is 28.4 Å². The maximum Gasteiger partial charge on any atom is 0.357 e. The molecule has 0 spiro atoms. The van der Waals surface area contributed by atoms with E-state index in [4.69, 9.17) is 9.47 Å². The molecule has 0 radical (unpaired) electrons. The van der Waals surface area contributed by atoms with Crippen LogP contribution in [0.5, 0.6) is 0 Å². The van der Waals surface area contributed by atoms with Gasteiger partial charge in [0, 0.05) is 11.3 Å². The Balaban J connectivity index is 1.40. The van der Waals surface area contributed by atoms with Crippen molar-refractivity contribution in [2.24, 2.45) is 0 Å². The molecule has 2 N–H and O–H groups in total. The van der Waals surface area contributed by atoms with Gasteiger partial charge in [-0.25, -0.2) is 19.5 Å².